The number of aliphatic hydroxyl groups excluding tert-OH is 2. The molecule has 0 radical (unpaired) electrons. The fraction of sp³-hybridized carbons (Fsp3) is 0.400. The quantitative estimate of drug-likeness (QED) is 0.324. The van der Waals surface area contributed by atoms with Crippen LogP contribution in [0.1, 0.15) is 73.9 Å². The van der Waals surface area contributed by atoms with E-state index in [1.165, 1.54) is 16.7 Å². The van der Waals surface area contributed by atoms with Gasteiger partial charge in [0.05, 0.1) is 18.8 Å². The molecule has 0 bridgehead atoms. The highest BCUT2D eigenvalue weighted by Crippen LogP contribution is 2.35. The van der Waals surface area contributed by atoms with Gasteiger partial charge in [-0.1, -0.05) is 63.6 Å². The van der Waals surface area contributed by atoms with Gasteiger partial charge in [-0.15, -0.1) is 0 Å². The summed E-state index contributed by atoms with van der Waals surface area (Å²) < 4.78 is 6.14. The van der Waals surface area contributed by atoms with Crippen LogP contribution in [0.3, 0.4) is 0 Å². The van der Waals surface area contributed by atoms with Gasteiger partial charge >= 0.3 is 0 Å². The van der Waals surface area contributed by atoms with Crippen molar-refractivity contribution >= 4 is 0 Å². The minimum absolute atomic E-state index is 0.0918. The van der Waals surface area contributed by atoms with E-state index in [9.17, 15) is 15.3 Å². The number of hydrogen-bond donors (Lipinski definition) is 3. The maximum atomic E-state index is 10.8. The molecule has 0 aliphatic rings. The Kier molecular flexibility index (Phi) is 8.90. The first-order valence-electron chi connectivity index (χ1n) is 12.3. The molecule has 3 aromatic rings. The predicted molar refractivity (Wildman–Crippen MR) is 138 cm³/mol. The third-order valence-electron chi connectivity index (χ3n) is 6.70. The molecule has 0 aliphatic heterocycles. The largest absolute Gasteiger partial charge is 0.489 e. The highest BCUT2D eigenvalue weighted by atomic mass is 16.5. The van der Waals surface area contributed by atoms with Gasteiger partial charge in [-0.3, -0.25) is 0 Å². The lowest BCUT2D eigenvalue weighted by Crippen LogP contribution is -2.19. The number of ether oxygens (including phenoxy) is 1. The van der Waals surface area contributed by atoms with Crippen molar-refractivity contribution in [2.75, 3.05) is 0 Å². The van der Waals surface area contributed by atoms with Crippen LogP contribution in [0.2, 0.25) is 0 Å². The Morgan fingerprint density at radius 1 is 0.765 bits per heavy atom. The van der Waals surface area contributed by atoms with Crippen molar-refractivity contribution in [1.29, 1.82) is 0 Å². The van der Waals surface area contributed by atoms with Crippen molar-refractivity contribution in [2.45, 2.75) is 78.8 Å². The molecule has 3 N–H and O–H groups in total. The highest BCUT2D eigenvalue weighted by molar-refractivity contribution is 5.73. The second kappa shape index (κ2) is 11.7. The molecular formula is C30H38O4. The summed E-state index contributed by atoms with van der Waals surface area (Å²) in [6, 6.07) is 18.2. The zero-order chi connectivity index (χ0) is 24.7. The first-order valence-corrected chi connectivity index (χ1v) is 12.3. The van der Waals surface area contributed by atoms with Crippen LogP contribution in [-0.4, -0.2) is 15.3 Å². The van der Waals surface area contributed by atoms with Crippen molar-refractivity contribution < 1.29 is 20.1 Å². The number of rotatable bonds is 11. The summed E-state index contributed by atoms with van der Waals surface area (Å²) in [6.07, 6.45) is 3.55. The van der Waals surface area contributed by atoms with Crippen LogP contribution >= 0.6 is 0 Å². The fourth-order valence-electron chi connectivity index (χ4n) is 4.31. The fourth-order valence-corrected chi connectivity index (χ4v) is 4.31. The molecule has 3 aromatic carbocycles. The van der Waals surface area contributed by atoms with Crippen LogP contribution in [0.15, 0.2) is 54.6 Å². The van der Waals surface area contributed by atoms with Crippen molar-refractivity contribution in [3.63, 3.8) is 0 Å². The SMILES string of the molecule is CCCc1cc(C(C)(O)CC)ccc1-c1cc(OCc2ccc(CO)c(CO)c2)ccc1CC. The molecular weight excluding hydrogens is 424 g/mol. The molecule has 34 heavy (non-hydrogen) atoms. The average Bonchev–Trinajstić information content (AvgIpc) is 2.87. The van der Waals surface area contributed by atoms with Crippen LogP contribution in [0.4, 0.5) is 0 Å². The molecule has 4 nitrogen and oxygen atoms in total. The summed E-state index contributed by atoms with van der Waals surface area (Å²) in [5.41, 5.74) is 7.37. The van der Waals surface area contributed by atoms with Gasteiger partial charge in [0.1, 0.15) is 12.4 Å². The number of aliphatic hydroxyl groups is 3. The molecule has 1 atom stereocenters. The monoisotopic (exact) mass is 462 g/mol. The predicted octanol–water partition coefficient (Wildman–Crippen LogP) is 6.05. The van der Waals surface area contributed by atoms with E-state index in [-0.39, 0.29) is 13.2 Å². The van der Waals surface area contributed by atoms with Gasteiger partial charge in [0.25, 0.3) is 0 Å². The zero-order valence-corrected chi connectivity index (χ0v) is 20.9. The van der Waals surface area contributed by atoms with Crippen molar-refractivity contribution in [2.24, 2.45) is 0 Å². The van der Waals surface area contributed by atoms with E-state index in [0.29, 0.717) is 13.0 Å². The molecule has 0 fully saturated rings. The summed E-state index contributed by atoms with van der Waals surface area (Å²) in [5, 5.41) is 29.8. The summed E-state index contributed by atoms with van der Waals surface area (Å²) in [4.78, 5) is 0. The van der Waals surface area contributed by atoms with E-state index in [0.717, 1.165) is 52.8 Å². The second-order valence-electron chi connectivity index (χ2n) is 9.13. The van der Waals surface area contributed by atoms with E-state index >= 15 is 0 Å². The Morgan fingerprint density at radius 3 is 2.15 bits per heavy atom. The number of benzene rings is 3. The van der Waals surface area contributed by atoms with E-state index in [2.05, 4.69) is 38.1 Å². The van der Waals surface area contributed by atoms with E-state index in [1.54, 1.807) is 0 Å². The van der Waals surface area contributed by atoms with Gasteiger partial charge in [0.2, 0.25) is 0 Å². The molecule has 3 rings (SSSR count). The smallest absolute Gasteiger partial charge is 0.120 e. The van der Waals surface area contributed by atoms with Crippen LogP contribution in [0, 0.1) is 0 Å². The maximum Gasteiger partial charge on any atom is 0.120 e. The standard InChI is InChI=1S/C30H38O4/c1-5-8-23-16-26(30(4,33)7-3)12-14-28(23)29-17-27(13-11-22(29)6-2)34-20-21-9-10-24(18-31)25(15-21)19-32/h9-17,31-33H,5-8,18-20H2,1-4H3. The summed E-state index contributed by atoms with van der Waals surface area (Å²) in [6.45, 7) is 8.39. The maximum absolute atomic E-state index is 10.8. The molecule has 0 aromatic heterocycles. The second-order valence-corrected chi connectivity index (χ2v) is 9.13. The highest BCUT2D eigenvalue weighted by Gasteiger charge is 2.22. The van der Waals surface area contributed by atoms with E-state index < -0.39 is 5.60 Å². The Morgan fingerprint density at radius 2 is 1.50 bits per heavy atom. The molecule has 182 valence electrons. The van der Waals surface area contributed by atoms with Crippen LogP contribution < -0.4 is 4.74 Å². The molecule has 0 heterocycles. The van der Waals surface area contributed by atoms with Crippen molar-refractivity contribution in [1.82, 2.24) is 0 Å². The number of hydrogen-bond acceptors (Lipinski definition) is 4. The van der Waals surface area contributed by atoms with Crippen LogP contribution in [0.25, 0.3) is 11.1 Å². The summed E-state index contributed by atoms with van der Waals surface area (Å²) in [7, 11) is 0. The Bertz CT molecular complexity index is 1100. The van der Waals surface area contributed by atoms with Gasteiger partial charge in [-0.05, 0) is 88.9 Å². The third kappa shape index (κ3) is 5.87. The molecule has 1 unspecified atom stereocenters. The van der Waals surface area contributed by atoms with Gasteiger partial charge in [0, 0.05) is 0 Å². The lowest BCUT2D eigenvalue weighted by atomic mass is 9.86. The molecule has 0 saturated carbocycles. The Balaban J connectivity index is 1.94. The minimum Gasteiger partial charge on any atom is -0.489 e. The molecule has 4 heteroatoms. The summed E-state index contributed by atoms with van der Waals surface area (Å²) >= 11 is 0. The zero-order valence-electron chi connectivity index (χ0n) is 20.9. The van der Waals surface area contributed by atoms with Crippen LogP contribution in [0.5, 0.6) is 5.75 Å². The molecule has 0 aliphatic carbocycles. The van der Waals surface area contributed by atoms with E-state index in [4.69, 9.17) is 4.74 Å². The van der Waals surface area contributed by atoms with Crippen molar-refractivity contribution in [3.8, 4) is 16.9 Å². The first kappa shape index (κ1) is 26.0. The third-order valence-corrected chi connectivity index (χ3v) is 6.70. The van der Waals surface area contributed by atoms with Gasteiger partial charge < -0.3 is 20.1 Å². The normalized spacial score (nSPS) is 13.0. The first-order chi connectivity index (χ1) is 16.4. The topological polar surface area (TPSA) is 69.9 Å². The molecule has 0 spiro atoms. The van der Waals surface area contributed by atoms with Gasteiger partial charge in [-0.2, -0.15) is 0 Å². The molecule has 0 saturated heterocycles. The number of aryl methyl sites for hydroxylation is 2. The molecule has 0 amide bonds. The van der Waals surface area contributed by atoms with E-state index in [1.807, 2.05) is 44.2 Å². The van der Waals surface area contributed by atoms with Crippen molar-refractivity contribution in [3.05, 3.63) is 88.0 Å². The lowest BCUT2D eigenvalue weighted by molar-refractivity contribution is 0.0530. The van der Waals surface area contributed by atoms with Gasteiger partial charge in [-0.25, -0.2) is 0 Å². The minimum atomic E-state index is -0.835. The average molecular weight is 463 g/mol. The Labute approximate surface area is 203 Å². The Hall–Kier alpha value is -2.66. The summed E-state index contributed by atoms with van der Waals surface area (Å²) in [5.74, 6) is 0.788. The van der Waals surface area contributed by atoms with Gasteiger partial charge in [0.15, 0.2) is 0 Å². The lowest BCUT2D eigenvalue weighted by Gasteiger charge is -2.24. The van der Waals surface area contributed by atoms with Crippen LogP contribution in [-0.2, 0) is 38.3 Å².